The van der Waals surface area contributed by atoms with E-state index in [0.29, 0.717) is 15.8 Å². The van der Waals surface area contributed by atoms with Crippen LogP contribution in [0.25, 0.3) is 10.1 Å². The molecule has 0 aliphatic heterocycles. The molecule has 0 radical (unpaired) electrons. The zero-order valence-corrected chi connectivity index (χ0v) is 8.23. The van der Waals surface area contributed by atoms with Crippen molar-refractivity contribution in [2.45, 2.75) is 4.90 Å². The van der Waals surface area contributed by atoms with Crippen molar-refractivity contribution >= 4 is 40.3 Å². The maximum atomic E-state index is 10.6. The molecule has 0 saturated carbocycles. The average molecular weight is 210 g/mol. The summed E-state index contributed by atoms with van der Waals surface area (Å²) < 4.78 is 0.938. The largest absolute Gasteiger partial charge is 0.506 e. The number of fused-ring (bicyclic) bond motifs is 1. The second-order valence-corrected chi connectivity index (χ2v) is 4.04. The molecule has 2 nitrogen and oxygen atoms in total. The Balaban J connectivity index is 2.84. The van der Waals surface area contributed by atoms with Crippen molar-refractivity contribution in [1.82, 2.24) is 0 Å². The molecular formula is C9H6O2S2. The van der Waals surface area contributed by atoms with Crippen LogP contribution in [0.5, 0.6) is 5.75 Å². The zero-order chi connectivity index (χ0) is 9.42. The zero-order valence-electron chi connectivity index (χ0n) is 6.52. The van der Waals surface area contributed by atoms with Crippen molar-refractivity contribution in [2.75, 3.05) is 0 Å². The van der Waals surface area contributed by atoms with Gasteiger partial charge in [0.2, 0.25) is 0 Å². The molecule has 1 aromatic carbocycles. The molecule has 2 aromatic rings. The summed E-state index contributed by atoms with van der Waals surface area (Å²) in [5.74, 6) is 0.219. The van der Waals surface area contributed by atoms with Gasteiger partial charge in [0, 0.05) is 25.9 Å². The number of carbonyl (C=O) groups excluding carboxylic acids is 1. The number of rotatable bonds is 1. The van der Waals surface area contributed by atoms with Crippen LogP contribution in [0.4, 0.5) is 0 Å². The highest BCUT2D eigenvalue weighted by molar-refractivity contribution is 7.80. The minimum atomic E-state index is 0.219. The average Bonchev–Trinajstić information content (AvgIpc) is 2.46. The maximum absolute atomic E-state index is 10.6. The first-order valence-corrected chi connectivity index (χ1v) is 4.93. The van der Waals surface area contributed by atoms with Crippen molar-refractivity contribution in [3.8, 4) is 5.75 Å². The quantitative estimate of drug-likeness (QED) is 0.561. The van der Waals surface area contributed by atoms with Crippen molar-refractivity contribution in [3.05, 3.63) is 23.1 Å². The molecule has 0 saturated heterocycles. The van der Waals surface area contributed by atoms with E-state index in [2.05, 4.69) is 12.6 Å². The van der Waals surface area contributed by atoms with Crippen LogP contribution in [0, 0.1) is 0 Å². The van der Waals surface area contributed by atoms with Crippen molar-refractivity contribution in [2.24, 2.45) is 0 Å². The highest BCUT2D eigenvalue weighted by Crippen LogP contribution is 2.33. The summed E-state index contributed by atoms with van der Waals surface area (Å²) in [7, 11) is 0. The first-order valence-electron chi connectivity index (χ1n) is 3.60. The van der Waals surface area contributed by atoms with Crippen molar-refractivity contribution in [3.63, 3.8) is 0 Å². The Kier molecular flexibility index (Phi) is 2.01. The predicted molar refractivity (Wildman–Crippen MR) is 56.1 cm³/mol. The standard InChI is InChI=1S/C9H6O2S2/c10-3-5-1-6-7(11)4-13-9(6)2-8(5)12/h1-4,11-12H. The number of benzene rings is 1. The van der Waals surface area contributed by atoms with E-state index < -0.39 is 0 Å². The number of hydrogen-bond donors (Lipinski definition) is 2. The Hall–Kier alpha value is -1.00. The summed E-state index contributed by atoms with van der Waals surface area (Å²) in [5, 5.41) is 11.7. The second-order valence-electron chi connectivity index (χ2n) is 2.65. The Morgan fingerprint density at radius 2 is 2.23 bits per heavy atom. The molecule has 0 atom stereocenters. The van der Waals surface area contributed by atoms with Gasteiger partial charge >= 0.3 is 0 Å². The van der Waals surface area contributed by atoms with Crippen LogP contribution in [0.2, 0.25) is 0 Å². The lowest BCUT2D eigenvalue weighted by Gasteiger charge is -1.97. The van der Waals surface area contributed by atoms with E-state index in [1.54, 1.807) is 17.5 Å². The topological polar surface area (TPSA) is 37.3 Å². The fraction of sp³-hybridized carbons (Fsp3) is 0. The molecule has 66 valence electrons. The Morgan fingerprint density at radius 1 is 1.46 bits per heavy atom. The smallest absolute Gasteiger partial charge is 0.151 e. The van der Waals surface area contributed by atoms with E-state index in [9.17, 15) is 9.90 Å². The molecule has 13 heavy (non-hydrogen) atoms. The van der Waals surface area contributed by atoms with Gasteiger partial charge in [0.15, 0.2) is 6.29 Å². The molecule has 0 aliphatic rings. The molecule has 0 aliphatic carbocycles. The Labute approximate surface area is 84.2 Å². The summed E-state index contributed by atoms with van der Waals surface area (Å²) in [6.07, 6.45) is 0.735. The molecule has 4 heteroatoms. The van der Waals surface area contributed by atoms with E-state index in [1.807, 2.05) is 0 Å². The molecule has 2 rings (SSSR count). The van der Waals surface area contributed by atoms with Gasteiger partial charge in [0.05, 0.1) is 0 Å². The Morgan fingerprint density at radius 3 is 2.92 bits per heavy atom. The van der Waals surface area contributed by atoms with E-state index in [1.165, 1.54) is 11.3 Å². The lowest BCUT2D eigenvalue weighted by molar-refractivity contribution is 0.112. The van der Waals surface area contributed by atoms with Crippen molar-refractivity contribution < 1.29 is 9.90 Å². The summed E-state index contributed by atoms with van der Waals surface area (Å²) in [4.78, 5) is 11.2. The van der Waals surface area contributed by atoms with Crippen LogP contribution >= 0.6 is 24.0 Å². The predicted octanol–water partition coefficient (Wildman–Crippen LogP) is 2.71. The van der Waals surface area contributed by atoms with E-state index in [0.717, 1.165) is 11.0 Å². The lowest BCUT2D eigenvalue weighted by atomic mass is 10.2. The number of thiol groups is 1. The normalized spacial score (nSPS) is 10.5. The SMILES string of the molecule is O=Cc1cc2c(O)csc2cc1S. The van der Waals surface area contributed by atoms with Crippen LogP contribution in [-0.4, -0.2) is 11.4 Å². The van der Waals surface area contributed by atoms with Gasteiger partial charge in [0.25, 0.3) is 0 Å². The van der Waals surface area contributed by atoms with Gasteiger partial charge in [-0.3, -0.25) is 4.79 Å². The number of aromatic hydroxyl groups is 1. The molecular weight excluding hydrogens is 204 g/mol. The highest BCUT2D eigenvalue weighted by Gasteiger charge is 2.06. The number of aldehydes is 1. The third kappa shape index (κ3) is 1.32. The molecule has 0 spiro atoms. The molecule has 0 unspecified atom stereocenters. The summed E-state index contributed by atoms with van der Waals surface area (Å²) in [5.41, 5.74) is 0.504. The van der Waals surface area contributed by atoms with Gasteiger partial charge in [-0.1, -0.05) is 0 Å². The molecule has 0 fully saturated rings. The molecule has 1 aromatic heterocycles. The summed E-state index contributed by atoms with van der Waals surface area (Å²) in [6, 6.07) is 3.43. The lowest BCUT2D eigenvalue weighted by Crippen LogP contribution is -1.81. The van der Waals surface area contributed by atoms with Gasteiger partial charge in [-0.15, -0.1) is 24.0 Å². The molecule has 1 heterocycles. The maximum Gasteiger partial charge on any atom is 0.151 e. The van der Waals surface area contributed by atoms with Gasteiger partial charge in [-0.2, -0.15) is 0 Å². The minimum absolute atomic E-state index is 0.219. The third-order valence-corrected chi connectivity index (χ3v) is 3.15. The van der Waals surface area contributed by atoms with Crippen LogP contribution in [0.3, 0.4) is 0 Å². The monoisotopic (exact) mass is 210 g/mol. The van der Waals surface area contributed by atoms with Crippen LogP contribution in [0.1, 0.15) is 10.4 Å². The molecule has 1 N–H and O–H groups in total. The fourth-order valence-corrected chi connectivity index (χ4v) is 2.34. The van der Waals surface area contributed by atoms with Gasteiger partial charge in [0.1, 0.15) is 5.75 Å². The van der Waals surface area contributed by atoms with Crippen LogP contribution < -0.4 is 0 Å². The molecule has 0 bridgehead atoms. The molecule has 0 amide bonds. The third-order valence-electron chi connectivity index (χ3n) is 1.83. The van der Waals surface area contributed by atoms with Gasteiger partial charge in [-0.25, -0.2) is 0 Å². The van der Waals surface area contributed by atoms with Crippen molar-refractivity contribution in [1.29, 1.82) is 0 Å². The number of hydrogen-bond acceptors (Lipinski definition) is 4. The second kappa shape index (κ2) is 3.05. The van der Waals surface area contributed by atoms with Gasteiger partial charge in [-0.05, 0) is 12.1 Å². The van der Waals surface area contributed by atoms with E-state index in [4.69, 9.17) is 0 Å². The first kappa shape index (κ1) is 8.59. The van der Waals surface area contributed by atoms with Crippen LogP contribution in [-0.2, 0) is 0 Å². The van der Waals surface area contributed by atoms with Gasteiger partial charge < -0.3 is 5.11 Å². The Bertz CT molecular complexity index is 474. The number of carbonyl (C=O) groups is 1. The van der Waals surface area contributed by atoms with Crippen LogP contribution in [0.15, 0.2) is 22.4 Å². The minimum Gasteiger partial charge on any atom is -0.506 e. The first-order chi connectivity index (χ1) is 6.22. The fourth-order valence-electron chi connectivity index (χ4n) is 1.16. The summed E-state index contributed by atoms with van der Waals surface area (Å²) in [6.45, 7) is 0. The summed E-state index contributed by atoms with van der Waals surface area (Å²) >= 11 is 5.59. The number of thiophene rings is 1. The highest BCUT2D eigenvalue weighted by atomic mass is 32.1. The van der Waals surface area contributed by atoms with E-state index >= 15 is 0 Å². The van der Waals surface area contributed by atoms with E-state index in [-0.39, 0.29) is 5.75 Å².